The maximum atomic E-state index is 13.3. The Hall–Kier alpha value is -1.85. The van der Waals surface area contributed by atoms with Crippen molar-refractivity contribution in [3.05, 3.63) is 47.0 Å². The molecule has 1 aromatic heterocycles. The molecule has 1 aromatic carbocycles. The average Bonchev–Trinajstić information content (AvgIpc) is 2.30. The van der Waals surface area contributed by atoms with E-state index in [0.717, 1.165) is 22.9 Å². The summed E-state index contributed by atoms with van der Waals surface area (Å²) < 4.78 is 13.3. The van der Waals surface area contributed by atoms with Gasteiger partial charge in [-0.2, -0.15) is 0 Å². The zero-order valence-electron chi connectivity index (χ0n) is 10.1. The molecule has 94 valence electrons. The Morgan fingerprint density at radius 2 is 1.78 bits per heavy atom. The van der Waals surface area contributed by atoms with Crippen LogP contribution in [0.25, 0.3) is 11.4 Å². The monoisotopic (exact) mass is 248 g/mol. The van der Waals surface area contributed by atoms with Crippen LogP contribution in [0.3, 0.4) is 0 Å². The minimum atomic E-state index is -1.95. The molecule has 18 heavy (non-hydrogen) atoms. The fourth-order valence-corrected chi connectivity index (χ4v) is 1.85. The van der Waals surface area contributed by atoms with Gasteiger partial charge in [0.25, 0.3) is 0 Å². The Kier molecular flexibility index (Phi) is 3.36. The van der Waals surface area contributed by atoms with E-state index in [1.165, 1.54) is 0 Å². The van der Waals surface area contributed by atoms with Crippen LogP contribution in [0.5, 0.6) is 0 Å². The van der Waals surface area contributed by atoms with E-state index < -0.39 is 17.8 Å². The predicted molar refractivity (Wildman–Crippen MR) is 64.1 cm³/mol. The molecule has 0 unspecified atom stereocenters. The first-order valence-corrected chi connectivity index (χ1v) is 5.46. The van der Waals surface area contributed by atoms with Gasteiger partial charge in [0.1, 0.15) is 5.69 Å². The van der Waals surface area contributed by atoms with Crippen LogP contribution in [0, 0.1) is 19.7 Å². The molecular weight excluding hydrogens is 235 g/mol. The number of rotatable bonds is 2. The van der Waals surface area contributed by atoms with Gasteiger partial charge in [0.15, 0.2) is 17.9 Å². The van der Waals surface area contributed by atoms with Gasteiger partial charge in [-0.1, -0.05) is 18.2 Å². The number of hydrogen-bond acceptors (Lipinski definition) is 4. The Bertz CT molecular complexity index is 565. The number of benzene rings is 1. The van der Waals surface area contributed by atoms with Crippen LogP contribution in [0.15, 0.2) is 24.4 Å². The van der Waals surface area contributed by atoms with Crippen molar-refractivity contribution in [2.45, 2.75) is 20.1 Å². The molecule has 1 heterocycles. The van der Waals surface area contributed by atoms with Gasteiger partial charge in [0.2, 0.25) is 0 Å². The van der Waals surface area contributed by atoms with E-state index in [9.17, 15) is 4.39 Å². The van der Waals surface area contributed by atoms with Crippen LogP contribution in [0.4, 0.5) is 4.39 Å². The molecule has 2 aromatic rings. The van der Waals surface area contributed by atoms with E-state index in [4.69, 9.17) is 10.2 Å². The largest absolute Gasteiger partial charge is 0.363 e. The zero-order chi connectivity index (χ0) is 13.3. The molecule has 0 amide bonds. The number of hydrogen-bond donors (Lipinski definition) is 2. The zero-order valence-corrected chi connectivity index (χ0v) is 10.1. The number of nitrogens with zero attached hydrogens (tertiary/aromatic N) is 2. The van der Waals surface area contributed by atoms with E-state index in [1.54, 1.807) is 0 Å². The van der Waals surface area contributed by atoms with Gasteiger partial charge >= 0.3 is 0 Å². The Balaban J connectivity index is 2.62. The lowest BCUT2D eigenvalue weighted by Gasteiger charge is -2.10. The van der Waals surface area contributed by atoms with Gasteiger partial charge in [-0.05, 0) is 25.0 Å². The maximum Gasteiger partial charge on any atom is 0.199 e. The van der Waals surface area contributed by atoms with E-state index >= 15 is 0 Å². The van der Waals surface area contributed by atoms with E-state index in [2.05, 4.69) is 9.97 Å². The average molecular weight is 248 g/mol. The second-order valence-electron chi connectivity index (χ2n) is 4.07. The van der Waals surface area contributed by atoms with Crippen LogP contribution in [-0.4, -0.2) is 20.2 Å². The molecule has 0 saturated carbocycles. The van der Waals surface area contributed by atoms with E-state index in [-0.39, 0.29) is 5.82 Å². The van der Waals surface area contributed by atoms with Gasteiger partial charge in [-0.25, -0.2) is 14.4 Å². The molecule has 2 N–H and O–H groups in total. The fourth-order valence-electron chi connectivity index (χ4n) is 1.85. The quantitative estimate of drug-likeness (QED) is 0.796. The third-order valence-electron chi connectivity index (χ3n) is 2.72. The number of halogens is 1. The third-order valence-corrected chi connectivity index (χ3v) is 2.72. The molecule has 2 rings (SSSR count). The van der Waals surface area contributed by atoms with Crippen molar-refractivity contribution in [1.82, 2.24) is 9.97 Å². The molecule has 0 fully saturated rings. The highest BCUT2D eigenvalue weighted by Gasteiger charge is 2.16. The second-order valence-corrected chi connectivity index (χ2v) is 4.07. The minimum Gasteiger partial charge on any atom is -0.363 e. The standard InChI is InChI=1S/C13H13FN2O2/c1-7-4-3-5-8(2)10(7)12-15-6-9(14)11(16-12)13(17)18/h3-6,13,17-18H,1-2H3. The number of aliphatic hydroxyl groups is 2. The molecule has 0 aliphatic carbocycles. The number of aromatic nitrogens is 2. The molecule has 0 aliphatic heterocycles. The summed E-state index contributed by atoms with van der Waals surface area (Å²) in [6.45, 7) is 3.79. The van der Waals surface area contributed by atoms with E-state index in [0.29, 0.717) is 0 Å². The van der Waals surface area contributed by atoms with Crippen molar-refractivity contribution in [3.63, 3.8) is 0 Å². The smallest absolute Gasteiger partial charge is 0.199 e. The van der Waals surface area contributed by atoms with Crippen molar-refractivity contribution in [2.24, 2.45) is 0 Å². The molecular formula is C13H13FN2O2. The van der Waals surface area contributed by atoms with Crippen LogP contribution in [-0.2, 0) is 0 Å². The van der Waals surface area contributed by atoms with Crippen molar-refractivity contribution in [3.8, 4) is 11.4 Å². The lowest BCUT2D eigenvalue weighted by molar-refractivity contribution is -0.0485. The summed E-state index contributed by atoms with van der Waals surface area (Å²) in [5, 5.41) is 18.1. The van der Waals surface area contributed by atoms with Gasteiger partial charge in [-0.15, -0.1) is 0 Å². The lowest BCUT2D eigenvalue weighted by Crippen LogP contribution is -2.06. The summed E-state index contributed by atoms with van der Waals surface area (Å²) in [5.41, 5.74) is 2.25. The first-order valence-electron chi connectivity index (χ1n) is 5.46. The van der Waals surface area contributed by atoms with Crippen LogP contribution < -0.4 is 0 Å². The van der Waals surface area contributed by atoms with Gasteiger partial charge in [0, 0.05) is 5.56 Å². The number of aryl methyl sites for hydroxylation is 2. The molecule has 4 nitrogen and oxygen atoms in total. The molecule has 0 spiro atoms. The summed E-state index contributed by atoms with van der Waals surface area (Å²) in [4.78, 5) is 7.78. The van der Waals surface area contributed by atoms with Crippen molar-refractivity contribution in [1.29, 1.82) is 0 Å². The highest BCUT2D eigenvalue weighted by molar-refractivity contribution is 5.64. The third kappa shape index (κ3) is 2.23. The molecule has 0 aliphatic rings. The summed E-state index contributed by atoms with van der Waals surface area (Å²) >= 11 is 0. The first kappa shape index (κ1) is 12.6. The van der Waals surface area contributed by atoms with Crippen LogP contribution in [0.2, 0.25) is 0 Å². The summed E-state index contributed by atoms with van der Waals surface area (Å²) in [5.74, 6) is -0.546. The fraction of sp³-hybridized carbons (Fsp3) is 0.231. The SMILES string of the molecule is Cc1cccc(C)c1-c1ncc(F)c(C(O)O)n1. The van der Waals surface area contributed by atoms with E-state index in [1.807, 2.05) is 32.0 Å². The van der Waals surface area contributed by atoms with Crippen molar-refractivity contribution in [2.75, 3.05) is 0 Å². The maximum absolute atomic E-state index is 13.3. The van der Waals surface area contributed by atoms with Gasteiger partial charge in [0.05, 0.1) is 6.20 Å². The normalized spacial score (nSPS) is 11.0. The first-order chi connectivity index (χ1) is 8.50. The van der Waals surface area contributed by atoms with Crippen LogP contribution in [0.1, 0.15) is 23.1 Å². The van der Waals surface area contributed by atoms with Crippen LogP contribution >= 0.6 is 0 Å². The summed E-state index contributed by atoms with van der Waals surface area (Å²) in [6.07, 6.45) is -1.00. The summed E-state index contributed by atoms with van der Waals surface area (Å²) in [7, 11) is 0. The molecule has 0 radical (unpaired) electrons. The molecule has 5 heteroatoms. The number of aliphatic hydroxyl groups excluding tert-OH is 1. The highest BCUT2D eigenvalue weighted by Crippen LogP contribution is 2.25. The Morgan fingerprint density at radius 3 is 2.33 bits per heavy atom. The lowest BCUT2D eigenvalue weighted by atomic mass is 10.0. The topological polar surface area (TPSA) is 66.2 Å². The van der Waals surface area contributed by atoms with Crippen molar-refractivity contribution >= 4 is 0 Å². The predicted octanol–water partition coefficient (Wildman–Crippen LogP) is 1.88. The molecule has 0 bridgehead atoms. The summed E-state index contributed by atoms with van der Waals surface area (Å²) in [6, 6.07) is 5.69. The highest BCUT2D eigenvalue weighted by atomic mass is 19.1. The van der Waals surface area contributed by atoms with Crippen molar-refractivity contribution < 1.29 is 14.6 Å². The molecule has 0 saturated heterocycles. The minimum absolute atomic E-state index is 0.287. The van der Waals surface area contributed by atoms with Gasteiger partial charge < -0.3 is 10.2 Å². The van der Waals surface area contributed by atoms with Gasteiger partial charge in [-0.3, -0.25) is 0 Å². The Labute approximate surface area is 104 Å². The molecule has 0 atom stereocenters. The second kappa shape index (κ2) is 4.80. The Morgan fingerprint density at radius 1 is 1.17 bits per heavy atom.